The highest BCUT2D eigenvalue weighted by Gasteiger charge is 2.26. The molecule has 0 aliphatic heterocycles. The Kier molecular flexibility index (Phi) is 2.83. The van der Waals surface area contributed by atoms with Gasteiger partial charge < -0.3 is 11.1 Å². The van der Waals surface area contributed by atoms with E-state index in [4.69, 9.17) is 5.73 Å². The number of hydrogen-bond acceptors (Lipinski definition) is 2. The van der Waals surface area contributed by atoms with Gasteiger partial charge in [0.1, 0.15) is 12.4 Å². The van der Waals surface area contributed by atoms with Gasteiger partial charge in [-0.25, -0.2) is 4.39 Å². The molecule has 78 valence electrons. The number of nitrogen functional groups attached to an aromatic ring is 1. The van der Waals surface area contributed by atoms with E-state index in [0.29, 0.717) is 0 Å². The fourth-order valence-electron chi connectivity index (χ4n) is 0.856. The van der Waals surface area contributed by atoms with E-state index in [1.807, 2.05) is 0 Å². The molecule has 6 heteroatoms. The Bertz CT molecular complexity index is 322. The molecule has 0 fully saturated rings. The summed E-state index contributed by atoms with van der Waals surface area (Å²) in [4.78, 5) is 0. The van der Waals surface area contributed by atoms with Crippen LogP contribution in [0.2, 0.25) is 0 Å². The van der Waals surface area contributed by atoms with Gasteiger partial charge in [0.2, 0.25) is 0 Å². The summed E-state index contributed by atoms with van der Waals surface area (Å²) in [7, 11) is 0. The highest BCUT2D eigenvalue weighted by atomic mass is 19.4. The van der Waals surface area contributed by atoms with Gasteiger partial charge in [0.25, 0.3) is 0 Å². The molecule has 0 amide bonds. The lowest BCUT2D eigenvalue weighted by Gasteiger charge is -2.09. The fourth-order valence-corrected chi connectivity index (χ4v) is 0.856. The van der Waals surface area contributed by atoms with Crippen molar-refractivity contribution in [1.29, 1.82) is 0 Å². The molecule has 1 aromatic rings. The molecule has 0 aliphatic carbocycles. The minimum absolute atomic E-state index is 0.140. The number of alkyl halides is 3. The number of halogens is 4. The zero-order chi connectivity index (χ0) is 10.8. The van der Waals surface area contributed by atoms with Crippen molar-refractivity contribution in [3.63, 3.8) is 0 Å². The normalized spacial score (nSPS) is 11.4. The summed E-state index contributed by atoms with van der Waals surface area (Å²) in [5.41, 5.74) is 5.12. The molecule has 0 aromatic heterocycles. The highest BCUT2D eigenvalue weighted by molar-refractivity contribution is 5.55. The Morgan fingerprint density at radius 3 is 2.43 bits per heavy atom. The number of nitrogens with two attached hydrogens (primary N) is 1. The third-order valence-electron chi connectivity index (χ3n) is 1.49. The van der Waals surface area contributed by atoms with Crippen molar-refractivity contribution in [2.24, 2.45) is 0 Å². The second-order valence-electron chi connectivity index (χ2n) is 2.71. The topological polar surface area (TPSA) is 38.0 Å². The third kappa shape index (κ3) is 3.12. The van der Waals surface area contributed by atoms with Crippen molar-refractivity contribution in [2.45, 2.75) is 6.18 Å². The van der Waals surface area contributed by atoms with E-state index in [9.17, 15) is 17.6 Å². The molecule has 0 saturated heterocycles. The molecular formula is C8H8F4N2. The van der Waals surface area contributed by atoms with Crippen molar-refractivity contribution in [1.82, 2.24) is 0 Å². The monoisotopic (exact) mass is 208 g/mol. The average molecular weight is 208 g/mol. The summed E-state index contributed by atoms with van der Waals surface area (Å²) in [6.07, 6.45) is -4.30. The first-order valence-corrected chi connectivity index (χ1v) is 3.74. The van der Waals surface area contributed by atoms with Crippen molar-refractivity contribution in [3.05, 3.63) is 24.0 Å². The molecule has 3 N–H and O–H groups in total. The minimum Gasteiger partial charge on any atom is -0.396 e. The zero-order valence-corrected chi connectivity index (χ0v) is 7.03. The molecule has 0 saturated carbocycles. The second kappa shape index (κ2) is 3.73. The van der Waals surface area contributed by atoms with Crippen LogP contribution >= 0.6 is 0 Å². The average Bonchev–Trinajstić information content (AvgIpc) is 2.06. The number of rotatable bonds is 2. The second-order valence-corrected chi connectivity index (χ2v) is 2.71. The largest absolute Gasteiger partial charge is 0.405 e. The van der Waals surface area contributed by atoms with E-state index in [0.717, 1.165) is 12.1 Å². The van der Waals surface area contributed by atoms with E-state index in [1.54, 1.807) is 0 Å². The standard InChI is InChI=1S/C8H8F4N2/c9-6-2-1-5(3-7(6)13)14-4-8(10,11)12/h1-3,14H,4,13H2. The molecule has 0 aliphatic rings. The fraction of sp³-hybridized carbons (Fsp3) is 0.250. The van der Waals surface area contributed by atoms with E-state index in [-0.39, 0.29) is 11.4 Å². The van der Waals surface area contributed by atoms with Crippen LogP contribution in [0.3, 0.4) is 0 Å². The zero-order valence-electron chi connectivity index (χ0n) is 7.03. The number of nitrogens with one attached hydrogen (secondary N) is 1. The molecule has 0 atom stereocenters. The van der Waals surface area contributed by atoms with E-state index < -0.39 is 18.5 Å². The molecule has 1 rings (SSSR count). The maximum absolute atomic E-state index is 12.6. The van der Waals surface area contributed by atoms with Crippen LogP contribution in [0.25, 0.3) is 0 Å². The summed E-state index contributed by atoms with van der Waals surface area (Å²) in [5, 5.41) is 2.08. The molecule has 14 heavy (non-hydrogen) atoms. The van der Waals surface area contributed by atoms with Crippen molar-refractivity contribution < 1.29 is 17.6 Å². The molecule has 0 radical (unpaired) electrons. The quantitative estimate of drug-likeness (QED) is 0.578. The lowest BCUT2D eigenvalue weighted by molar-refractivity contribution is -0.115. The van der Waals surface area contributed by atoms with E-state index in [1.165, 1.54) is 6.07 Å². The van der Waals surface area contributed by atoms with Crippen molar-refractivity contribution in [3.8, 4) is 0 Å². The lowest BCUT2D eigenvalue weighted by Crippen LogP contribution is -2.21. The molecular weight excluding hydrogens is 200 g/mol. The van der Waals surface area contributed by atoms with Crippen LogP contribution in [0, 0.1) is 5.82 Å². The molecule has 0 unspecified atom stereocenters. The van der Waals surface area contributed by atoms with Gasteiger partial charge >= 0.3 is 6.18 Å². The molecule has 0 heterocycles. The van der Waals surface area contributed by atoms with Crippen LogP contribution in [-0.2, 0) is 0 Å². The Hall–Kier alpha value is -1.46. The summed E-state index contributed by atoms with van der Waals surface area (Å²) in [6, 6.07) is 3.31. The van der Waals surface area contributed by atoms with Gasteiger partial charge in [0.15, 0.2) is 0 Å². The Balaban J connectivity index is 2.65. The van der Waals surface area contributed by atoms with Crippen LogP contribution < -0.4 is 11.1 Å². The summed E-state index contributed by atoms with van der Waals surface area (Å²) < 4.78 is 47.9. The Morgan fingerprint density at radius 2 is 1.93 bits per heavy atom. The van der Waals surface area contributed by atoms with Gasteiger partial charge in [-0.15, -0.1) is 0 Å². The predicted octanol–water partition coefficient (Wildman–Crippen LogP) is 2.38. The van der Waals surface area contributed by atoms with Gasteiger partial charge in [-0.1, -0.05) is 0 Å². The molecule has 2 nitrogen and oxygen atoms in total. The van der Waals surface area contributed by atoms with E-state index in [2.05, 4.69) is 5.32 Å². The van der Waals surface area contributed by atoms with E-state index >= 15 is 0 Å². The van der Waals surface area contributed by atoms with Crippen LogP contribution in [0.1, 0.15) is 0 Å². The maximum Gasteiger partial charge on any atom is 0.405 e. The van der Waals surface area contributed by atoms with Crippen molar-refractivity contribution in [2.75, 3.05) is 17.6 Å². The minimum atomic E-state index is -4.30. The third-order valence-corrected chi connectivity index (χ3v) is 1.49. The Labute approximate surface area is 77.7 Å². The first-order valence-electron chi connectivity index (χ1n) is 3.74. The van der Waals surface area contributed by atoms with Gasteiger partial charge in [-0.05, 0) is 18.2 Å². The Morgan fingerprint density at radius 1 is 1.29 bits per heavy atom. The van der Waals surface area contributed by atoms with Crippen molar-refractivity contribution >= 4 is 11.4 Å². The van der Waals surface area contributed by atoms with Crippen LogP contribution in [0.5, 0.6) is 0 Å². The molecule has 0 bridgehead atoms. The van der Waals surface area contributed by atoms with Gasteiger partial charge in [-0.3, -0.25) is 0 Å². The van der Waals surface area contributed by atoms with Gasteiger partial charge in [0.05, 0.1) is 5.69 Å². The van der Waals surface area contributed by atoms with Gasteiger partial charge in [0, 0.05) is 5.69 Å². The number of hydrogen-bond donors (Lipinski definition) is 2. The van der Waals surface area contributed by atoms with Gasteiger partial charge in [-0.2, -0.15) is 13.2 Å². The highest BCUT2D eigenvalue weighted by Crippen LogP contribution is 2.19. The molecule has 0 spiro atoms. The molecule has 1 aromatic carbocycles. The smallest absolute Gasteiger partial charge is 0.396 e. The van der Waals surface area contributed by atoms with Crippen LogP contribution in [0.4, 0.5) is 28.9 Å². The SMILES string of the molecule is Nc1cc(NCC(F)(F)F)ccc1F. The number of anilines is 2. The predicted molar refractivity (Wildman–Crippen MR) is 45.4 cm³/mol. The lowest BCUT2D eigenvalue weighted by atomic mass is 10.2. The summed E-state index contributed by atoms with van der Waals surface area (Å²) in [6.45, 7) is -1.17. The first kappa shape index (κ1) is 10.6. The van der Waals surface area contributed by atoms with Crippen LogP contribution in [-0.4, -0.2) is 12.7 Å². The summed E-state index contributed by atoms with van der Waals surface area (Å²) >= 11 is 0. The first-order chi connectivity index (χ1) is 6.38. The number of benzene rings is 1. The van der Waals surface area contributed by atoms with Crippen LogP contribution in [0.15, 0.2) is 18.2 Å². The summed E-state index contributed by atoms with van der Waals surface area (Å²) in [5.74, 6) is -0.650. The maximum atomic E-state index is 12.6.